The molecule has 0 radical (unpaired) electrons. The Kier molecular flexibility index (Phi) is 3.28. The average molecular weight is 286 g/mol. The normalized spacial score (nSPS) is 25.2. The van der Waals surface area contributed by atoms with Gasteiger partial charge in [0.15, 0.2) is 0 Å². The van der Waals surface area contributed by atoms with Crippen molar-refractivity contribution in [2.75, 3.05) is 19.8 Å². The Hall–Kier alpha value is -0.910. The largest absolute Gasteiger partial charge is 0.393 e. The Labute approximate surface area is 102 Å². The minimum atomic E-state index is -0.820. The topological polar surface area (TPSA) is 58.6 Å². The SMILES string of the molecule is O=C1COCC(CO)(c2cccc(Br)c2)N1. The van der Waals surface area contributed by atoms with E-state index in [1.807, 2.05) is 24.3 Å². The van der Waals surface area contributed by atoms with Gasteiger partial charge in [0, 0.05) is 4.47 Å². The van der Waals surface area contributed by atoms with Crippen molar-refractivity contribution in [3.05, 3.63) is 34.3 Å². The van der Waals surface area contributed by atoms with Gasteiger partial charge in [0.1, 0.15) is 12.1 Å². The summed E-state index contributed by atoms with van der Waals surface area (Å²) < 4.78 is 6.10. The van der Waals surface area contributed by atoms with Crippen molar-refractivity contribution in [1.29, 1.82) is 0 Å². The van der Waals surface area contributed by atoms with Crippen LogP contribution in [0.4, 0.5) is 0 Å². The van der Waals surface area contributed by atoms with E-state index in [2.05, 4.69) is 21.2 Å². The molecule has 1 saturated heterocycles. The zero-order valence-corrected chi connectivity index (χ0v) is 10.2. The fraction of sp³-hybridized carbons (Fsp3) is 0.364. The highest BCUT2D eigenvalue weighted by Gasteiger charge is 2.37. The van der Waals surface area contributed by atoms with Crippen LogP contribution in [0.2, 0.25) is 0 Å². The molecule has 4 nitrogen and oxygen atoms in total. The van der Waals surface area contributed by atoms with E-state index in [-0.39, 0.29) is 25.7 Å². The summed E-state index contributed by atoms with van der Waals surface area (Å²) in [6.45, 7) is 0.149. The molecular weight excluding hydrogens is 274 g/mol. The predicted molar refractivity (Wildman–Crippen MR) is 61.9 cm³/mol. The Balaban J connectivity index is 2.37. The lowest BCUT2D eigenvalue weighted by atomic mass is 9.90. The van der Waals surface area contributed by atoms with Gasteiger partial charge in [0.05, 0.1) is 13.2 Å². The first-order chi connectivity index (χ1) is 7.66. The fourth-order valence-electron chi connectivity index (χ4n) is 1.78. The van der Waals surface area contributed by atoms with Gasteiger partial charge >= 0.3 is 0 Å². The molecule has 1 aromatic rings. The van der Waals surface area contributed by atoms with E-state index in [1.54, 1.807) is 0 Å². The molecule has 1 fully saturated rings. The summed E-state index contributed by atoms with van der Waals surface area (Å²) in [5.74, 6) is -0.208. The first kappa shape index (κ1) is 11.6. The summed E-state index contributed by atoms with van der Waals surface area (Å²) in [5, 5.41) is 12.3. The van der Waals surface area contributed by atoms with E-state index in [1.165, 1.54) is 0 Å². The second kappa shape index (κ2) is 4.53. The number of aliphatic hydroxyl groups excluding tert-OH is 1. The molecule has 0 bridgehead atoms. The minimum absolute atomic E-state index is 0.0513. The zero-order chi connectivity index (χ0) is 11.6. The van der Waals surface area contributed by atoms with Gasteiger partial charge in [0.2, 0.25) is 5.91 Å². The van der Waals surface area contributed by atoms with Crippen molar-refractivity contribution < 1.29 is 14.6 Å². The van der Waals surface area contributed by atoms with Crippen LogP contribution in [0.5, 0.6) is 0 Å². The molecule has 0 aliphatic carbocycles. The summed E-state index contributed by atoms with van der Waals surface area (Å²) in [6, 6.07) is 7.47. The molecular formula is C11H12BrNO3. The third-order valence-electron chi connectivity index (χ3n) is 2.61. The highest BCUT2D eigenvalue weighted by molar-refractivity contribution is 9.10. The van der Waals surface area contributed by atoms with Crippen LogP contribution >= 0.6 is 15.9 Å². The number of ether oxygens (including phenoxy) is 1. The third kappa shape index (κ3) is 2.11. The zero-order valence-electron chi connectivity index (χ0n) is 8.57. The lowest BCUT2D eigenvalue weighted by Gasteiger charge is -2.36. The number of benzene rings is 1. The van der Waals surface area contributed by atoms with Gasteiger partial charge in [-0.15, -0.1) is 0 Å². The Morgan fingerprint density at radius 3 is 3.00 bits per heavy atom. The molecule has 5 heteroatoms. The maximum absolute atomic E-state index is 11.3. The summed E-state index contributed by atoms with van der Waals surface area (Å²) in [5.41, 5.74) is 0.0106. The molecule has 0 spiro atoms. The van der Waals surface area contributed by atoms with Gasteiger partial charge in [-0.05, 0) is 17.7 Å². The molecule has 1 atom stereocenters. The highest BCUT2D eigenvalue weighted by atomic mass is 79.9. The molecule has 1 unspecified atom stereocenters. The third-order valence-corrected chi connectivity index (χ3v) is 3.10. The number of hydrogen-bond donors (Lipinski definition) is 2. The van der Waals surface area contributed by atoms with Crippen LogP contribution in [0.3, 0.4) is 0 Å². The molecule has 16 heavy (non-hydrogen) atoms. The molecule has 2 rings (SSSR count). The number of amides is 1. The lowest BCUT2D eigenvalue weighted by Crippen LogP contribution is -2.56. The van der Waals surface area contributed by atoms with E-state index in [0.29, 0.717) is 0 Å². The minimum Gasteiger partial charge on any atom is -0.393 e. The molecule has 1 aliphatic rings. The number of nitrogens with one attached hydrogen (secondary N) is 1. The van der Waals surface area contributed by atoms with Crippen molar-refractivity contribution in [1.82, 2.24) is 5.32 Å². The van der Waals surface area contributed by atoms with Crippen LogP contribution in [0.25, 0.3) is 0 Å². The average Bonchev–Trinajstić information content (AvgIpc) is 2.29. The standard InChI is InChI=1S/C11H12BrNO3/c12-9-3-1-2-8(4-9)11(6-14)7-16-5-10(15)13-11/h1-4,14H,5-7H2,(H,13,15). The summed E-state index contributed by atoms with van der Waals surface area (Å²) >= 11 is 3.36. The molecule has 0 saturated carbocycles. The Morgan fingerprint density at radius 2 is 2.38 bits per heavy atom. The van der Waals surface area contributed by atoms with Crippen LogP contribution in [0.15, 0.2) is 28.7 Å². The van der Waals surface area contributed by atoms with Crippen molar-refractivity contribution >= 4 is 21.8 Å². The molecule has 1 aromatic carbocycles. The first-order valence-corrected chi connectivity index (χ1v) is 5.71. The number of hydrogen-bond acceptors (Lipinski definition) is 3. The second-order valence-corrected chi connectivity index (χ2v) is 4.71. The van der Waals surface area contributed by atoms with Gasteiger partial charge in [0.25, 0.3) is 0 Å². The van der Waals surface area contributed by atoms with E-state index < -0.39 is 5.54 Å². The van der Waals surface area contributed by atoms with E-state index in [9.17, 15) is 9.90 Å². The van der Waals surface area contributed by atoms with E-state index in [0.717, 1.165) is 10.0 Å². The van der Waals surface area contributed by atoms with Crippen molar-refractivity contribution in [2.24, 2.45) is 0 Å². The first-order valence-electron chi connectivity index (χ1n) is 4.92. The van der Waals surface area contributed by atoms with Crippen LogP contribution in [0, 0.1) is 0 Å². The Morgan fingerprint density at radius 1 is 1.56 bits per heavy atom. The quantitative estimate of drug-likeness (QED) is 0.845. The summed E-state index contributed by atoms with van der Waals surface area (Å²) in [7, 11) is 0. The lowest BCUT2D eigenvalue weighted by molar-refractivity contribution is -0.137. The van der Waals surface area contributed by atoms with Crippen LogP contribution < -0.4 is 5.32 Å². The molecule has 1 heterocycles. The number of morpholine rings is 1. The van der Waals surface area contributed by atoms with Gasteiger partial charge in [-0.25, -0.2) is 0 Å². The van der Waals surface area contributed by atoms with E-state index >= 15 is 0 Å². The van der Waals surface area contributed by atoms with Gasteiger partial charge in [-0.1, -0.05) is 28.1 Å². The molecule has 1 amide bonds. The van der Waals surface area contributed by atoms with Crippen LogP contribution in [-0.4, -0.2) is 30.8 Å². The van der Waals surface area contributed by atoms with Crippen LogP contribution in [0.1, 0.15) is 5.56 Å². The Bertz CT molecular complexity index is 410. The smallest absolute Gasteiger partial charge is 0.246 e. The second-order valence-electron chi connectivity index (χ2n) is 3.79. The van der Waals surface area contributed by atoms with Gasteiger partial charge in [-0.2, -0.15) is 0 Å². The molecule has 1 aliphatic heterocycles. The molecule has 0 aromatic heterocycles. The number of halogens is 1. The summed E-state index contributed by atoms with van der Waals surface area (Å²) in [4.78, 5) is 11.3. The van der Waals surface area contributed by atoms with Crippen molar-refractivity contribution in [3.8, 4) is 0 Å². The maximum Gasteiger partial charge on any atom is 0.246 e. The highest BCUT2D eigenvalue weighted by Crippen LogP contribution is 2.26. The fourth-order valence-corrected chi connectivity index (χ4v) is 2.17. The number of carbonyl (C=O) groups is 1. The number of rotatable bonds is 2. The number of aliphatic hydroxyl groups is 1. The van der Waals surface area contributed by atoms with Crippen LogP contribution in [-0.2, 0) is 15.1 Å². The van der Waals surface area contributed by atoms with Gasteiger partial charge < -0.3 is 15.2 Å². The summed E-state index contributed by atoms with van der Waals surface area (Å²) in [6.07, 6.45) is 0. The monoisotopic (exact) mass is 285 g/mol. The maximum atomic E-state index is 11.3. The van der Waals surface area contributed by atoms with E-state index in [4.69, 9.17) is 4.74 Å². The molecule has 2 N–H and O–H groups in total. The van der Waals surface area contributed by atoms with Crippen molar-refractivity contribution in [3.63, 3.8) is 0 Å². The van der Waals surface area contributed by atoms with Gasteiger partial charge in [-0.3, -0.25) is 4.79 Å². The van der Waals surface area contributed by atoms with Crippen molar-refractivity contribution in [2.45, 2.75) is 5.54 Å². The predicted octanol–water partition coefficient (Wildman–Crippen LogP) is 0.783. The number of carbonyl (C=O) groups excluding carboxylic acids is 1. The molecule has 86 valence electrons.